The molecule has 19 heavy (non-hydrogen) atoms. The molecule has 1 atom stereocenters. The fourth-order valence-corrected chi connectivity index (χ4v) is 5.83. The zero-order valence-corrected chi connectivity index (χ0v) is 13.2. The maximum Gasteiger partial charge on any atom is 0.244 e. The van der Waals surface area contributed by atoms with Crippen LogP contribution in [0.4, 0.5) is 0 Å². The normalized spacial score (nSPS) is 20.6. The Hall–Kier alpha value is -0.150. The lowest BCUT2D eigenvalue weighted by molar-refractivity contribution is 0.478. The Bertz CT molecular complexity index is 521. The first-order valence-electron chi connectivity index (χ1n) is 6.01. The fraction of sp³-hybridized carbons (Fsp3) is 0.636. The molecule has 5 nitrogen and oxygen atoms in total. The topological polar surface area (TPSA) is 85.3 Å². The van der Waals surface area contributed by atoms with Gasteiger partial charge in [0.05, 0.1) is 6.54 Å². The zero-order chi connectivity index (χ0) is 13.9. The summed E-state index contributed by atoms with van der Waals surface area (Å²) < 4.78 is 32.3. The third kappa shape index (κ3) is 3.91. The minimum absolute atomic E-state index is 0.196. The van der Waals surface area contributed by atoms with Gasteiger partial charge in [-0.1, -0.05) is 0 Å². The summed E-state index contributed by atoms with van der Waals surface area (Å²) in [5.41, 5.74) is 5.45. The molecule has 8 heteroatoms. The van der Waals surface area contributed by atoms with Crippen LogP contribution in [0.15, 0.2) is 15.4 Å². The molecule has 1 aliphatic rings. The van der Waals surface area contributed by atoms with Crippen LogP contribution in [0.3, 0.4) is 0 Å². The van der Waals surface area contributed by atoms with Gasteiger partial charge in [-0.05, 0) is 6.92 Å². The zero-order valence-electron chi connectivity index (χ0n) is 10.7. The molecule has 0 spiro atoms. The van der Waals surface area contributed by atoms with Gasteiger partial charge in [-0.2, -0.15) is 23.5 Å². The first kappa shape index (κ1) is 15.2. The van der Waals surface area contributed by atoms with E-state index in [1.54, 1.807) is 6.92 Å². The van der Waals surface area contributed by atoms with E-state index in [0.717, 1.165) is 17.3 Å². The van der Waals surface area contributed by atoms with Crippen LogP contribution in [0.1, 0.15) is 11.5 Å². The van der Waals surface area contributed by atoms with Crippen molar-refractivity contribution in [2.24, 2.45) is 5.73 Å². The van der Waals surface area contributed by atoms with E-state index in [1.165, 1.54) is 6.07 Å². The molecular formula is C11H18N2O3S3. The van der Waals surface area contributed by atoms with Crippen molar-refractivity contribution < 1.29 is 12.8 Å². The van der Waals surface area contributed by atoms with Crippen molar-refractivity contribution in [3.8, 4) is 0 Å². The highest BCUT2D eigenvalue weighted by atomic mass is 32.2. The fourth-order valence-electron chi connectivity index (χ4n) is 1.83. The van der Waals surface area contributed by atoms with Crippen molar-refractivity contribution in [1.82, 2.24) is 4.72 Å². The van der Waals surface area contributed by atoms with Crippen molar-refractivity contribution in [1.29, 1.82) is 0 Å². The highest BCUT2D eigenvalue weighted by molar-refractivity contribution is 8.06. The van der Waals surface area contributed by atoms with Gasteiger partial charge in [0.2, 0.25) is 10.0 Å². The van der Waals surface area contributed by atoms with E-state index in [-0.39, 0.29) is 11.4 Å². The number of hydrogen-bond donors (Lipinski definition) is 2. The molecule has 1 aromatic rings. The molecule has 1 saturated heterocycles. The number of rotatable bonds is 5. The monoisotopic (exact) mass is 322 g/mol. The van der Waals surface area contributed by atoms with Gasteiger partial charge in [0.15, 0.2) is 0 Å². The van der Waals surface area contributed by atoms with Crippen LogP contribution in [-0.2, 0) is 16.6 Å². The molecule has 1 unspecified atom stereocenters. The summed E-state index contributed by atoms with van der Waals surface area (Å²) in [7, 11) is -3.50. The van der Waals surface area contributed by atoms with Gasteiger partial charge < -0.3 is 10.2 Å². The number of nitrogens with one attached hydrogen (secondary N) is 1. The van der Waals surface area contributed by atoms with Crippen LogP contribution < -0.4 is 10.5 Å². The molecule has 0 aliphatic carbocycles. The van der Waals surface area contributed by atoms with Gasteiger partial charge in [0, 0.05) is 35.1 Å². The van der Waals surface area contributed by atoms with Crippen LogP contribution in [0.2, 0.25) is 0 Å². The lowest BCUT2D eigenvalue weighted by atomic mass is 10.4. The van der Waals surface area contributed by atoms with E-state index in [2.05, 4.69) is 4.72 Å². The Labute approximate surface area is 122 Å². The highest BCUT2D eigenvalue weighted by Crippen LogP contribution is 2.24. The Morgan fingerprint density at radius 1 is 1.53 bits per heavy atom. The van der Waals surface area contributed by atoms with Crippen molar-refractivity contribution >= 4 is 33.5 Å². The van der Waals surface area contributed by atoms with Crippen molar-refractivity contribution in [3.05, 3.63) is 17.6 Å². The molecule has 3 N–H and O–H groups in total. The third-order valence-electron chi connectivity index (χ3n) is 2.80. The van der Waals surface area contributed by atoms with Gasteiger partial charge in [0.1, 0.15) is 16.4 Å². The Morgan fingerprint density at radius 3 is 2.89 bits per heavy atom. The van der Waals surface area contributed by atoms with E-state index < -0.39 is 10.0 Å². The Morgan fingerprint density at radius 2 is 2.32 bits per heavy atom. The molecule has 1 aliphatic heterocycles. The molecule has 2 rings (SSSR count). The van der Waals surface area contributed by atoms with Gasteiger partial charge >= 0.3 is 0 Å². The molecule has 0 radical (unpaired) electrons. The summed E-state index contributed by atoms with van der Waals surface area (Å²) in [5, 5.41) is 0.342. The molecule has 1 aromatic heterocycles. The number of thioether (sulfide) groups is 2. The van der Waals surface area contributed by atoms with Gasteiger partial charge in [-0.3, -0.25) is 0 Å². The number of furan rings is 1. The van der Waals surface area contributed by atoms with Gasteiger partial charge in [-0.25, -0.2) is 13.1 Å². The summed E-state index contributed by atoms with van der Waals surface area (Å²) >= 11 is 3.69. The van der Waals surface area contributed by atoms with E-state index in [4.69, 9.17) is 10.2 Å². The van der Waals surface area contributed by atoms with E-state index in [0.29, 0.717) is 23.3 Å². The predicted molar refractivity (Wildman–Crippen MR) is 80.1 cm³/mol. The SMILES string of the molecule is Cc1oc(CN)cc1S(=O)(=O)NCC1CSCCS1. The van der Waals surface area contributed by atoms with Gasteiger partial charge in [-0.15, -0.1) is 0 Å². The maximum absolute atomic E-state index is 12.2. The van der Waals surface area contributed by atoms with E-state index in [1.807, 2.05) is 23.5 Å². The van der Waals surface area contributed by atoms with Crippen molar-refractivity contribution in [2.45, 2.75) is 23.6 Å². The van der Waals surface area contributed by atoms with E-state index >= 15 is 0 Å². The van der Waals surface area contributed by atoms with Crippen LogP contribution >= 0.6 is 23.5 Å². The van der Waals surface area contributed by atoms with Gasteiger partial charge in [0.25, 0.3) is 0 Å². The van der Waals surface area contributed by atoms with Crippen LogP contribution in [0.25, 0.3) is 0 Å². The van der Waals surface area contributed by atoms with Crippen LogP contribution in [-0.4, -0.2) is 37.5 Å². The molecule has 0 bridgehead atoms. The standard InChI is InChI=1S/C11H18N2O3S3/c1-8-11(4-9(5-12)16-8)19(14,15)13-6-10-7-17-2-3-18-10/h4,10,13H,2-3,5-7,12H2,1H3. The Balaban J connectivity index is 2.02. The first-order valence-corrected chi connectivity index (χ1v) is 9.70. The summed E-state index contributed by atoms with van der Waals surface area (Å²) in [6.07, 6.45) is 0. The van der Waals surface area contributed by atoms with Crippen LogP contribution in [0.5, 0.6) is 0 Å². The average molecular weight is 322 g/mol. The number of aryl methyl sites for hydroxylation is 1. The molecule has 1 fully saturated rings. The summed E-state index contributed by atoms with van der Waals surface area (Å²) in [5.74, 6) is 4.10. The lowest BCUT2D eigenvalue weighted by Gasteiger charge is -2.20. The van der Waals surface area contributed by atoms with Crippen molar-refractivity contribution in [2.75, 3.05) is 23.8 Å². The minimum Gasteiger partial charge on any atom is -0.464 e. The molecule has 0 amide bonds. The maximum atomic E-state index is 12.2. The largest absolute Gasteiger partial charge is 0.464 e. The second kappa shape index (κ2) is 6.53. The molecule has 0 saturated carbocycles. The number of sulfonamides is 1. The second-order valence-corrected chi connectivity index (χ2v) is 8.55. The quantitative estimate of drug-likeness (QED) is 0.846. The molecule has 2 heterocycles. The number of hydrogen-bond acceptors (Lipinski definition) is 6. The lowest BCUT2D eigenvalue weighted by Crippen LogP contribution is -2.33. The summed E-state index contributed by atoms with van der Waals surface area (Å²) in [4.78, 5) is 0.196. The minimum atomic E-state index is -3.50. The Kier molecular flexibility index (Phi) is 5.24. The number of nitrogens with two attached hydrogens (primary N) is 1. The third-order valence-corrected chi connectivity index (χ3v) is 7.18. The van der Waals surface area contributed by atoms with E-state index in [9.17, 15) is 8.42 Å². The van der Waals surface area contributed by atoms with Crippen molar-refractivity contribution in [3.63, 3.8) is 0 Å². The second-order valence-electron chi connectivity index (χ2n) is 4.26. The average Bonchev–Trinajstić information content (AvgIpc) is 2.80. The smallest absolute Gasteiger partial charge is 0.244 e. The summed E-state index contributed by atoms with van der Waals surface area (Å²) in [6, 6.07) is 1.50. The first-order chi connectivity index (χ1) is 9.03. The molecule has 0 aromatic carbocycles. The predicted octanol–water partition coefficient (Wildman–Crippen LogP) is 1.17. The molecule has 108 valence electrons. The van der Waals surface area contributed by atoms with Crippen LogP contribution in [0, 0.1) is 6.92 Å². The highest BCUT2D eigenvalue weighted by Gasteiger charge is 2.23. The molecular weight excluding hydrogens is 304 g/mol. The summed E-state index contributed by atoms with van der Waals surface area (Å²) in [6.45, 7) is 2.30.